The zero-order chi connectivity index (χ0) is 16.6. The Labute approximate surface area is 147 Å². The maximum Gasteiger partial charge on any atom is 0.263 e. The Balaban J connectivity index is 1.97. The van der Waals surface area contributed by atoms with Crippen molar-refractivity contribution in [1.29, 1.82) is 0 Å². The zero-order valence-corrected chi connectivity index (χ0v) is 15.0. The molecule has 0 radical (unpaired) electrons. The molecule has 2 aromatic rings. The normalized spacial score (nSPS) is 17.0. The maximum absolute atomic E-state index is 11.9. The van der Waals surface area contributed by atoms with Crippen molar-refractivity contribution in [3.8, 4) is 5.75 Å². The lowest BCUT2D eigenvalue weighted by Crippen LogP contribution is -2.25. The fraction of sp³-hybridized carbons (Fsp3) is 0.267. The highest BCUT2D eigenvalue weighted by molar-refractivity contribution is 14.1. The van der Waals surface area contributed by atoms with Gasteiger partial charge in [0, 0.05) is 25.7 Å². The van der Waals surface area contributed by atoms with Crippen LogP contribution in [0.1, 0.15) is 24.4 Å². The van der Waals surface area contributed by atoms with Gasteiger partial charge in [0.05, 0.1) is 10.7 Å². The standard InChI is InChI=1S/C15H15IN4O3/c1-9(21)20-15(10-5-4-6-11(7-10)22-3)23-14(18-20)13-12(16)8-19(2)17-13/h4-8,15H,1-3H3/t15-/m0/s1. The van der Waals surface area contributed by atoms with Crippen LogP contribution < -0.4 is 4.74 Å². The van der Waals surface area contributed by atoms with Crippen LogP contribution in [0.5, 0.6) is 5.75 Å². The van der Waals surface area contributed by atoms with Crippen LogP contribution >= 0.6 is 22.6 Å². The van der Waals surface area contributed by atoms with Gasteiger partial charge < -0.3 is 9.47 Å². The number of ether oxygens (including phenoxy) is 2. The highest BCUT2D eigenvalue weighted by Crippen LogP contribution is 2.32. The van der Waals surface area contributed by atoms with Crippen LogP contribution in [0.15, 0.2) is 35.6 Å². The van der Waals surface area contributed by atoms with E-state index in [2.05, 4.69) is 32.8 Å². The third-order valence-corrected chi connectivity index (χ3v) is 4.12. The molecule has 1 amide bonds. The molecule has 1 atom stereocenters. The van der Waals surface area contributed by atoms with Gasteiger partial charge in [-0.2, -0.15) is 10.1 Å². The number of hydrogen-bond acceptors (Lipinski definition) is 5. The number of nitrogens with zero attached hydrogens (tertiary/aromatic N) is 4. The van der Waals surface area contributed by atoms with Gasteiger partial charge in [0.15, 0.2) is 5.69 Å². The second kappa shape index (κ2) is 6.19. The molecule has 0 saturated heterocycles. The number of aromatic nitrogens is 2. The number of rotatable bonds is 3. The average molecular weight is 426 g/mol. The number of halogens is 1. The van der Waals surface area contributed by atoms with E-state index >= 15 is 0 Å². The van der Waals surface area contributed by atoms with Crippen molar-refractivity contribution < 1.29 is 14.3 Å². The number of hydrogen-bond donors (Lipinski definition) is 0. The van der Waals surface area contributed by atoms with Crippen LogP contribution in [0.4, 0.5) is 0 Å². The Bertz CT molecular complexity index is 787. The fourth-order valence-corrected chi connectivity index (χ4v) is 3.02. The molecule has 0 unspecified atom stereocenters. The van der Waals surface area contributed by atoms with Crippen molar-refractivity contribution in [3.63, 3.8) is 0 Å². The first kappa shape index (κ1) is 15.8. The van der Waals surface area contributed by atoms with Crippen molar-refractivity contribution in [2.24, 2.45) is 12.1 Å². The highest BCUT2D eigenvalue weighted by Gasteiger charge is 2.35. The quantitative estimate of drug-likeness (QED) is 0.707. The van der Waals surface area contributed by atoms with E-state index in [9.17, 15) is 4.79 Å². The first-order valence-corrected chi connectivity index (χ1v) is 7.96. The number of carbonyl (C=O) groups excluding carboxylic acids is 1. The van der Waals surface area contributed by atoms with Gasteiger partial charge in [-0.1, -0.05) is 12.1 Å². The Morgan fingerprint density at radius 3 is 2.83 bits per heavy atom. The molecular formula is C15H15IN4O3. The third kappa shape index (κ3) is 3.03. The lowest BCUT2D eigenvalue weighted by atomic mass is 10.2. The zero-order valence-electron chi connectivity index (χ0n) is 12.9. The van der Waals surface area contributed by atoms with Crippen LogP contribution in [0.25, 0.3) is 0 Å². The van der Waals surface area contributed by atoms with Gasteiger partial charge >= 0.3 is 0 Å². The van der Waals surface area contributed by atoms with Crippen molar-refractivity contribution in [2.75, 3.05) is 7.11 Å². The summed E-state index contributed by atoms with van der Waals surface area (Å²) in [5, 5.41) is 9.95. The highest BCUT2D eigenvalue weighted by atomic mass is 127. The van der Waals surface area contributed by atoms with Gasteiger partial charge in [-0.15, -0.1) is 5.10 Å². The van der Waals surface area contributed by atoms with Crippen LogP contribution in [0, 0.1) is 3.57 Å². The molecule has 23 heavy (non-hydrogen) atoms. The fourth-order valence-electron chi connectivity index (χ4n) is 2.28. The minimum absolute atomic E-state index is 0.209. The van der Waals surface area contributed by atoms with Gasteiger partial charge in [-0.05, 0) is 34.7 Å². The predicted octanol–water partition coefficient (Wildman–Crippen LogP) is 2.27. The minimum Gasteiger partial charge on any atom is -0.497 e. The summed E-state index contributed by atoms with van der Waals surface area (Å²) >= 11 is 2.16. The predicted molar refractivity (Wildman–Crippen MR) is 91.8 cm³/mol. The lowest BCUT2D eigenvalue weighted by Gasteiger charge is -2.19. The van der Waals surface area contributed by atoms with Crippen molar-refractivity contribution in [3.05, 3.63) is 45.3 Å². The first-order valence-electron chi connectivity index (χ1n) is 6.88. The van der Waals surface area contributed by atoms with Gasteiger partial charge in [-0.3, -0.25) is 9.48 Å². The van der Waals surface area contributed by atoms with Gasteiger partial charge in [0.2, 0.25) is 12.1 Å². The van der Waals surface area contributed by atoms with E-state index in [1.165, 1.54) is 11.9 Å². The number of methoxy groups -OCH3 is 1. The summed E-state index contributed by atoms with van der Waals surface area (Å²) in [6.07, 6.45) is 1.23. The van der Waals surface area contributed by atoms with Gasteiger partial charge in [-0.25, -0.2) is 0 Å². The van der Waals surface area contributed by atoms with Crippen LogP contribution in [0.3, 0.4) is 0 Å². The van der Waals surface area contributed by atoms with Crippen molar-refractivity contribution in [2.45, 2.75) is 13.2 Å². The molecule has 7 nitrogen and oxygen atoms in total. The Morgan fingerprint density at radius 2 is 2.22 bits per heavy atom. The molecule has 0 fully saturated rings. The second-order valence-corrected chi connectivity index (χ2v) is 6.18. The SMILES string of the molecule is COc1cccc([C@@H]2OC(c3nn(C)cc3I)=NN2C(C)=O)c1. The smallest absolute Gasteiger partial charge is 0.263 e. The van der Waals surface area contributed by atoms with E-state index in [1.807, 2.05) is 37.5 Å². The molecule has 120 valence electrons. The largest absolute Gasteiger partial charge is 0.497 e. The van der Waals surface area contributed by atoms with Crippen molar-refractivity contribution in [1.82, 2.24) is 14.8 Å². The summed E-state index contributed by atoms with van der Waals surface area (Å²) in [6.45, 7) is 1.45. The van der Waals surface area contributed by atoms with E-state index in [1.54, 1.807) is 11.8 Å². The summed E-state index contributed by atoms with van der Waals surface area (Å²) in [7, 11) is 3.42. The summed E-state index contributed by atoms with van der Waals surface area (Å²) in [5.41, 5.74) is 1.40. The summed E-state index contributed by atoms with van der Waals surface area (Å²) in [6, 6.07) is 7.37. The molecule has 1 aromatic carbocycles. The molecule has 0 bridgehead atoms. The molecule has 0 N–H and O–H groups in total. The van der Waals surface area contributed by atoms with Crippen LogP contribution in [0.2, 0.25) is 0 Å². The Hall–Kier alpha value is -2.10. The molecule has 0 spiro atoms. The van der Waals surface area contributed by atoms with E-state index in [0.29, 0.717) is 17.3 Å². The molecule has 3 rings (SSSR count). The third-order valence-electron chi connectivity index (χ3n) is 3.33. The Kier molecular flexibility index (Phi) is 4.24. The molecule has 1 aliphatic rings. The molecule has 8 heteroatoms. The molecule has 2 heterocycles. The maximum atomic E-state index is 11.9. The first-order chi connectivity index (χ1) is 11.0. The molecule has 1 aliphatic heterocycles. The number of aryl methyl sites for hydroxylation is 1. The summed E-state index contributed by atoms with van der Waals surface area (Å²) in [4.78, 5) is 11.9. The summed E-state index contributed by atoms with van der Waals surface area (Å²) in [5.74, 6) is 0.812. The van der Waals surface area contributed by atoms with Crippen molar-refractivity contribution >= 4 is 34.4 Å². The lowest BCUT2D eigenvalue weighted by molar-refractivity contribution is -0.135. The van der Waals surface area contributed by atoms with Crippen LogP contribution in [-0.2, 0) is 16.6 Å². The van der Waals surface area contributed by atoms with E-state index in [4.69, 9.17) is 9.47 Å². The van der Waals surface area contributed by atoms with Gasteiger partial charge in [0.25, 0.3) is 5.90 Å². The average Bonchev–Trinajstić information content (AvgIpc) is 3.10. The number of carbonyl (C=O) groups is 1. The number of hydrazone groups is 1. The second-order valence-electron chi connectivity index (χ2n) is 5.01. The molecule has 0 saturated carbocycles. The Morgan fingerprint density at radius 1 is 1.43 bits per heavy atom. The van der Waals surface area contributed by atoms with Gasteiger partial charge in [0.1, 0.15) is 5.75 Å². The number of benzene rings is 1. The minimum atomic E-state index is -0.629. The number of amides is 1. The molecule has 0 aliphatic carbocycles. The van der Waals surface area contributed by atoms with E-state index in [0.717, 1.165) is 9.13 Å². The summed E-state index contributed by atoms with van der Waals surface area (Å²) < 4.78 is 13.7. The molecule has 1 aromatic heterocycles. The van der Waals surface area contributed by atoms with Crippen LogP contribution in [-0.4, -0.2) is 33.7 Å². The van der Waals surface area contributed by atoms with E-state index < -0.39 is 6.23 Å². The van der Waals surface area contributed by atoms with E-state index in [-0.39, 0.29) is 5.91 Å². The molecular weight excluding hydrogens is 411 g/mol. The monoisotopic (exact) mass is 426 g/mol. The topological polar surface area (TPSA) is 69.0 Å².